The number of hydrogen-bond donors (Lipinski definition) is 0. The third kappa shape index (κ3) is 3.11. The molecule has 2 saturated heterocycles. The first kappa shape index (κ1) is 16.1. The van der Waals surface area contributed by atoms with Gasteiger partial charge in [0.05, 0.1) is 25.5 Å². The van der Waals surface area contributed by atoms with E-state index in [2.05, 4.69) is 31.8 Å². The van der Waals surface area contributed by atoms with Crippen LogP contribution in [0.2, 0.25) is 0 Å². The second kappa shape index (κ2) is 6.48. The molecule has 7 heteroatoms. The molecule has 4 rings (SSSR count). The first-order valence-corrected chi connectivity index (χ1v) is 8.54. The fourth-order valence-electron chi connectivity index (χ4n) is 3.91. The average Bonchev–Trinajstić information content (AvgIpc) is 2.96. The predicted molar refractivity (Wildman–Crippen MR) is 94.0 cm³/mol. The van der Waals surface area contributed by atoms with Crippen molar-refractivity contribution in [2.45, 2.75) is 12.0 Å². The summed E-state index contributed by atoms with van der Waals surface area (Å²) in [7, 11) is 3.84. The van der Waals surface area contributed by atoms with Crippen molar-refractivity contribution < 1.29 is 9.47 Å². The summed E-state index contributed by atoms with van der Waals surface area (Å²) in [6, 6.07) is 5.75. The number of pyridine rings is 1. The molecule has 0 amide bonds. The topological polar surface area (TPSA) is 63.6 Å². The summed E-state index contributed by atoms with van der Waals surface area (Å²) in [4.78, 5) is 17.3. The predicted octanol–water partition coefficient (Wildman–Crippen LogP) is 1.47. The third-order valence-corrected chi connectivity index (χ3v) is 5.26. The minimum absolute atomic E-state index is 0.223. The molecule has 1 spiro atoms. The van der Waals surface area contributed by atoms with Gasteiger partial charge in [-0.05, 0) is 25.6 Å². The minimum Gasteiger partial charge on any atom is -0.492 e. The Hall–Kier alpha value is -2.41. The van der Waals surface area contributed by atoms with E-state index in [9.17, 15) is 0 Å². The minimum atomic E-state index is 0.223. The second-order valence-corrected chi connectivity index (χ2v) is 6.95. The zero-order valence-corrected chi connectivity index (χ0v) is 14.6. The molecule has 2 aromatic heterocycles. The Labute approximate surface area is 147 Å². The van der Waals surface area contributed by atoms with E-state index >= 15 is 0 Å². The van der Waals surface area contributed by atoms with Crippen LogP contribution in [0.1, 0.15) is 6.42 Å². The van der Waals surface area contributed by atoms with E-state index in [0.29, 0.717) is 11.8 Å². The van der Waals surface area contributed by atoms with Crippen molar-refractivity contribution in [1.82, 2.24) is 19.9 Å². The Bertz CT molecular complexity index is 720. The normalized spacial score (nSPS) is 22.0. The van der Waals surface area contributed by atoms with Crippen LogP contribution in [0.25, 0.3) is 0 Å². The van der Waals surface area contributed by atoms with Crippen molar-refractivity contribution in [1.29, 1.82) is 0 Å². The van der Waals surface area contributed by atoms with Gasteiger partial charge in [-0.25, -0.2) is 9.97 Å². The maximum Gasteiger partial charge on any atom is 0.218 e. The molecule has 0 bridgehead atoms. The highest BCUT2D eigenvalue weighted by Crippen LogP contribution is 2.41. The lowest BCUT2D eigenvalue weighted by Gasteiger charge is -2.52. The van der Waals surface area contributed by atoms with Gasteiger partial charge < -0.3 is 14.4 Å². The van der Waals surface area contributed by atoms with Gasteiger partial charge in [-0.15, -0.1) is 0 Å². The number of rotatable bonds is 5. The van der Waals surface area contributed by atoms with Gasteiger partial charge in [0.2, 0.25) is 5.88 Å². The average molecular weight is 341 g/mol. The summed E-state index contributed by atoms with van der Waals surface area (Å²) in [5.41, 5.74) is 0.223. The molecule has 0 aromatic carbocycles. The van der Waals surface area contributed by atoms with Gasteiger partial charge in [-0.2, -0.15) is 0 Å². The summed E-state index contributed by atoms with van der Waals surface area (Å²) < 4.78 is 11.1. The summed E-state index contributed by atoms with van der Waals surface area (Å²) in [6.07, 6.45) is 6.23. The van der Waals surface area contributed by atoms with Crippen LogP contribution in [-0.4, -0.2) is 65.8 Å². The van der Waals surface area contributed by atoms with Crippen LogP contribution in [0, 0.1) is 5.92 Å². The van der Waals surface area contributed by atoms with Crippen LogP contribution in [0.5, 0.6) is 11.6 Å². The summed E-state index contributed by atoms with van der Waals surface area (Å²) in [6.45, 7) is 3.75. The standard InChI is InChI=1S/C18H23N5O2/c1-22-9-14(10-25-15-4-3-5-19-8-15)7-18(22)11-23(12-18)16-6-17(24-2)21-13-20-16/h3-6,8,13-14H,7,9-12H2,1-2H3. The number of hydrogen-bond acceptors (Lipinski definition) is 7. The maximum atomic E-state index is 5.90. The van der Waals surface area contributed by atoms with E-state index in [1.165, 1.54) is 0 Å². The molecule has 1 unspecified atom stereocenters. The number of likely N-dealkylation sites (N-methyl/N-ethyl adjacent to an activating group) is 1. The van der Waals surface area contributed by atoms with E-state index in [1.807, 2.05) is 18.2 Å². The molecule has 1 atom stereocenters. The maximum absolute atomic E-state index is 5.90. The molecule has 0 radical (unpaired) electrons. The molecule has 7 nitrogen and oxygen atoms in total. The number of anilines is 1. The van der Waals surface area contributed by atoms with Gasteiger partial charge >= 0.3 is 0 Å². The number of methoxy groups -OCH3 is 1. The van der Waals surface area contributed by atoms with E-state index < -0.39 is 0 Å². The van der Waals surface area contributed by atoms with Crippen LogP contribution in [0.15, 0.2) is 36.9 Å². The lowest BCUT2D eigenvalue weighted by Crippen LogP contribution is -2.67. The fourth-order valence-corrected chi connectivity index (χ4v) is 3.91. The molecule has 2 aliphatic rings. The van der Waals surface area contributed by atoms with Crippen molar-refractivity contribution >= 4 is 5.82 Å². The lowest BCUT2D eigenvalue weighted by atomic mass is 9.84. The number of ether oxygens (including phenoxy) is 2. The molecule has 4 heterocycles. The van der Waals surface area contributed by atoms with Gasteiger partial charge in [0, 0.05) is 37.8 Å². The molecule has 2 aliphatic heterocycles. The highest BCUT2D eigenvalue weighted by atomic mass is 16.5. The molecule has 132 valence electrons. The van der Waals surface area contributed by atoms with Gasteiger partial charge in [-0.1, -0.05) is 0 Å². The Balaban J connectivity index is 1.34. The molecule has 0 aliphatic carbocycles. The van der Waals surface area contributed by atoms with Gasteiger partial charge in [0.1, 0.15) is 17.9 Å². The Morgan fingerprint density at radius 1 is 1.32 bits per heavy atom. The molecule has 2 aromatic rings. The largest absolute Gasteiger partial charge is 0.492 e. The van der Waals surface area contributed by atoms with Crippen LogP contribution in [0.3, 0.4) is 0 Å². The fraction of sp³-hybridized carbons (Fsp3) is 0.500. The van der Waals surface area contributed by atoms with Crippen LogP contribution >= 0.6 is 0 Å². The van der Waals surface area contributed by atoms with Crippen molar-refractivity contribution in [2.75, 3.05) is 45.3 Å². The van der Waals surface area contributed by atoms with Crippen LogP contribution in [0.4, 0.5) is 5.82 Å². The van der Waals surface area contributed by atoms with Crippen LogP contribution in [-0.2, 0) is 0 Å². The quantitative estimate of drug-likeness (QED) is 0.816. The third-order valence-electron chi connectivity index (χ3n) is 5.26. The van der Waals surface area contributed by atoms with Gasteiger partial charge in [0.15, 0.2) is 0 Å². The van der Waals surface area contributed by atoms with E-state index in [0.717, 1.165) is 44.2 Å². The first-order valence-electron chi connectivity index (χ1n) is 8.54. The SMILES string of the molecule is COc1cc(N2CC3(CC(COc4cccnc4)CN3C)C2)ncn1. The molecule has 0 N–H and O–H groups in total. The molecule has 0 saturated carbocycles. The van der Waals surface area contributed by atoms with Crippen LogP contribution < -0.4 is 14.4 Å². The molecular weight excluding hydrogens is 318 g/mol. The van der Waals surface area contributed by atoms with E-state index in [1.54, 1.807) is 25.8 Å². The monoisotopic (exact) mass is 341 g/mol. The zero-order valence-electron chi connectivity index (χ0n) is 14.6. The van der Waals surface area contributed by atoms with Gasteiger partial charge in [-0.3, -0.25) is 9.88 Å². The van der Waals surface area contributed by atoms with Crippen molar-refractivity contribution in [3.05, 3.63) is 36.9 Å². The summed E-state index contributed by atoms with van der Waals surface area (Å²) in [5, 5.41) is 0. The lowest BCUT2D eigenvalue weighted by molar-refractivity contribution is 0.132. The summed E-state index contributed by atoms with van der Waals surface area (Å²) >= 11 is 0. The molecule has 2 fully saturated rings. The second-order valence-electron chi connectivity index (χ2n) is 6.95. The van der Waals surface area contributed by atoms with Gasteiger partial charge in [0.25, 0.3) is 0 Å². The highest BCUT2D eigenvalue weighted by Gasteiger charge is 2.52. The molecule has 25 heavy (non-hydrogen) atoms. The number of nitrogens with zero attached hydrogens (tertiary/aromatic N) is 5. The van der Waals surface area contributed by atoms with E-state index in [4.69, 9.17) is 9.47 Å². The summed E-state index contributed by atoms with van der Waals surface area (Å²) in [5.74, 6) is 2.91. The van der Waals surface area contributed by atoms with E-state index in [-0.39, 0.29) is 5.54 Å². The molecular formula is C18H23N5O2. The van der Waals surface area contributed by atoms with Crippen molar-refractivity contribution in [2.24, 2.45) is 5.92 Å². The number of likely N-dealkylation sites (tertiary alicyclic amines) is 1. The Morgan fingerprint density at radius 3 is 2.96 bits per heavy atom. The Morgan fingerprint density at radius 2 is 2.20 bits per heavy atom. The number of aromatic nitrogens is 3. The van der Waals surface area contributed by atoms with Crippen molar-refractivity contribution in [3.8, 4) is 11.6 Å². The van der Waals surface area contributed by atoms with Crippen molar-refractivity contribution in [3.63, 3.8) is 0 Å². The Kier molecular flexibility index (Phi) is 4.17. The smallest absolute Gasteiger partial charge is 0.218 e. The highest BCUT2D eigenvalue weighted by molar-refractivity contribution is 5.46. The zero-order chi connectivity index (χ0) is 17.3. The first-order chi connectivity index (χ1) is 12.2.